The van der Waals surface area contributed by atoms with E-state index in [9.17, 15) is 4.79 Å². The zero-order chi connectivity index (χ0) is 13.1. The third kappa shape index (κ3) is 2.27. The van der Waals surface area contributed by atoms with Crippen molar-refractivity contribution in [2.45, 2.75) is 26.7 Å². The zero-order valence-electron chi connectivity index (χ0n) is 10.7. The smallest absolute Gasteiger partial charge is 0.256 e. The van der Waals surface area contributed by atoms with Gasteiger partial charge in [-0.2, -0.15) is 0 Å². The average molecular weight is 243 g/mol. The van der Waals surface area contributed by atoms with Gasteiger partial charge in [0.05, 0.1) is 5.56 Å². The second-order valence-corrected chi connectivity index (χ2v) is 4.34. The number of H-pyrrole nitrogens is 1. The molecule has 2 rings (SSSR count). The van der Waals surface area contributed by atoms with Crippen molar-refractivity contribution in [3.63, 3.8) is 0 Å². The van der Waals surface area contributed by atoms with E-state index >= 15 is 0 Å². The van der Waals surface area contributed by atoms with Crippen molar-refractivity contribution in [2.24, 2.45) is 0 Å². The molecule has 0 unspecified atom stereocenters. The summed E-state index contributed by atoms with van der Waals surface area (Å²) in [5.74, 6) is 0.870. The molecule has 3 N–H and O–H groups in total. The third-order valence-electron chi connectivity index (χ3n) is 2.95. The number of rotatable bonds is 3. The number of nitrogens with two attached hydrogens (primary N) is 1. The molecule has 0 aliphatic carbocycles. The maximum Gasteiger partial charge on any atom is 0.256 e. The molecule has 0 aliphatic heterocycles. The topological polar surface area (TPSA) is 71.8 Å². The fourth-order valence-electron chi connectivity index (χ4n) is 1.97. The van der Waals surface area contributed by atoms with Crippen molar-refractivity contribution in [3.8, 4) is 11.4 Å². The van der Waals surface area contributed by atoms with E-state index in [1.54, 1.807) is 0 Å². The highest BCUT2D eigenvalue weighted by Crippen LogP contribution is 2.19. The van der Waals surface area contributed by atoms with E-state index < -0.39 is 0 Å². The van der Waals surface area contributed by atoms with Crippen LogP contribution in [0.4, 0.5) is 5.82 Å². The molecule has 0 atom stereocenters. The van der Waals surface area contributed by atoms with Crippen molar-refractivity contribution in [3.05, 3.63) is 45.7 Å². The lowest BCUT2D eigenvalue weighted by atomic mass is 10.1. The van der Waals surface area contributed by atoms with Crippen LogP contribution in [0.1, 0.15) is 24.5 Å². The maximum atomic E-state index is 12.0. The molecule has 0 fully saturated rings. The molecule has 0 aliphatic rings. The number of nitrogen functional groups attached to an aromatic ring is 1. The number of nitrogens with zero attached hydrogens (tertiary/aromatic N) is 1. The summed E-state index contributed by atoms with van der Waals surface area (Å²) < 4.78 is 0. The van der Waals surface area contributed by atoms with Crippen LogP contribution >= 0.6 is 0 Å². The van der Waals surface area contributed by atoms with Crippen LogP contribution in [0.2, 0.25) is 0 Å². The Bertz CT molecular complexity index is 617. The number of hydrogen-bond donors (Lipinski definition) is 2. The first kappa shape index (κ1) is 12.4. The van der Waals surface area contributed by atoms with Crippen LogP contribution in [0, 0.1) is 6.92 Å². The third-order valence-corrected chi connectivity index (χ3v) is 2.95. The van der Waals surface area contributed by atoms with Gasteiger partial charge in [-0.05, 0) is 18.9 Å². The van der Waals surface area contributed by atoms with E-state index in [0.29, 0.717) is 23.6 Å². The number of anilines is 1. The van der Waals surface area contributed by atoms with Crippen LogP contribution in [-0.2, 0) is 6.42 Å². The normalized spacial score (nSPS) is 10.6. The number of aromatic amines is 1. The van der Waals surface area contributed by atoms with Crippen LogP contribution in [0.5, 0.6) is 0 Å². The molecule has 0 bridgehead atoms. The molecule has 4 nitrogen and oxygen atoms in total. The van der Waals surface area contributed by atoms with Gasteiger partial charge < -0.3 is 10.7 Å². The largest absolute Gasteiger partial charge is 0.383 e. The van der Waals surface area contributed by atoms with Crippen LogP contribution in [0.25, 0.3) is 11.4 Å². The van der Waals surface area contributed by atoms with Crippen molar-refractivity contribution < 1.29 is 0 Å². The molecule has 94 valence electrons. The van der Waals surface area contributed by atoms with Gasteiger partial charge in [-0.15, -0.1) is 0 Å². The molecule has 1 heterocycles. The lowest BCUT2D eigenvalue weighted by molar-refractivity contribution is 0.891. The fourth-order valence-corrected chi connectivity index (χ4v) is 1.97. The minimum absolute atomic E-state index is 0.136. The molecular formula is C14H17N3O. The van der Waals surface area contributed by atoms with Gasteiger partial charge in [0.2, 0.25) is 0 Å². The number of nitrogens with one attached hydrogen (secondary N) is 1. The summed E-state index contributed by atoms with van der Waals surface area (Å²) in [5.41, 5.74) is 8.27. The zero-order valence-corrected chi connectivity index (χ0v) is 10.7. The van der Waals surface area contributed by atoms with Crippen molar-refractivity contribution >= 4 is 5.82 Å². The molecule has 1 aromatic carbocycles. The van der Waals surface area contributed by atoms with Gasteiger partial charge in [-0.25, -0.2) is 4.98 Å². The molecule has 0 spiro atoms. The lowest BCUT2D eigenvalue weighted by Gasteiger charge is -2.08. The summed E-state index contributed by atoms with van der Waals surface area (Å²) in [6.45, 7) is 3.99. The first-order valence-electron chi connectivity index (χ1n) is 6.08. The summed E-state index contributed by atoms with van der Waals surface area (Å²) >= 11 is 0. The Labute approximate surface area is 106 Å². The highest BCUT2D eigenvalue weighted by molar-refractivity contribution is 5.61. The highest BCUT2D eigenvalue weighted by Gasteiger charge is 2.10. The molecular weight excluding hydrogens is 226 g/mol. The van der Waals surface area contributed by atoms with E-state index in [0.717, 1.165) is 17.5 Å². The average Bonchev–Trinajstić information content (AvgIpc) is 2.34. The molecule has 2 aromatic rings. The molecule has 0 amide bonds. The molecule has 0 saturated heterocycles. The van der Waals surface area contributed by atoms with Gasteiger partial charge in [0, 0.05) is 5.56 Å². The van der Waals surface area contributed by atoms with Gasteiger partial charge in [0.25, 0.3) is 5.56 Å². The van der Waals surface area contributed by atoms with Crippen LogP contribution in [0.15, 0.2) is 29.1 Å². The van der Waals surface area contributed by atoms with Gasteiger partial charge >= 0.3 is 0 Å². The summed E-state index contributed by atoms with van der Waals surface area (Å²) in [7, 11) is 0. The number of benzene rings is 1. The number of aromatic nitrogens is 2. The van der Waals surface area contributed by atoms with Crippen molar-refractivity contribution in [1.29, 1.82) is 0 Å². The van der Waals surface area contributed by atoms with Gasteiger partial charge in [0.1, 0.15) is 11.6 Å². The molecule has 0 saturated carbocycles. The summed E-state index contributed by atoms with van der Waals surface area (Å²) in [6, 6.07) is 7.77. The molecule has 4 heteroatoms. The van der Waals surface area contributed by atoms with Crippen molar-refractivity contribution in [2.75, 3.05) is 5.73 Å². The van der Waals surface area contributed by atoms with E-state index in [1.807, 2.05) is 38.1 Å². The molecule has 18 heavy (non-hydrogen) atoms. The van der Waals surface area contributed by atoms with Crippen LogP contribution in [0.3, 0.4) is 0 Å². The fraction of sp³-hybridized carbons (Fsp3) is 0.286. The molecule has 1 aromatic heterocycles. The van der Waals surface area contributed by atoms with E-state index in [-0.39, 0.29) is 5.56 Å². The Morgan fingerprint density at radius 1 is 1.33 bits per heavy atom. The second kappa shape index (κ2) is 5.04. The number of hydrogen-bond acceptors (Lipinski definition) is 3. The summed E-state index contributed by atoms with van der Waals surface area (Å²) in [4.78, 5) is 19.1. The van der Waals surface area contributed by atoms with E-state index in [2.05, 4.69) is 9.97 Å². The summed E-state index contributed by atoms with van der Waals surface area (Å²) in [5, 5.41) is 0. The predicted molar refractivity (Wildman–Crippen MR) is 73.4 cm³/mol. The van der Waals surface area contributed by atoms with Crippen LogP contribution in [-0.4, -0.2) is 9.97 Å². The van der Waals surface area contributed by atoms with E-state index in [4.69, 9.17) is 5.73 Å². The first-order chi connectivity index (χ1) is 8.63. The minimum atomic E-state index is -0.136. The van der Waals surface area contributed by atoms with Crippen molar-refractivity contribution in [1.82, 2.24) is 9.97 Å². The predicted octanol–water partition coefficient (Wildman–Crippen LogP) is 2.28. The number of aryl methyl sites for hydroxylation is 1. The Morgan fingerprint density at radius 3 is 2.67 bits per heavy atom. The Morgan fingerprint density at radius 2 is 2.06 bits per heavy atom. The van der Waals surface area contributed by atoms with E-state index in [1.165, 1.54) is 0 Å². The molecule has 0 radical (unpaired) electrons. The monoisotopic (exact) mass is 243 g/mol. The quantitative estimate of drug-likeness (QED) is 0.868. The van der Waals surface area contributed by atoms with Crippen LogP contribution < -0.4 is 11.3 Å². The minimum Gasteiger partial charge on any atom is -0.383 e. The maximum absolute atomic E-state index is 12.0. The first-order valence-corrected chi connectivity index (χ1v) is 6.08. The van der Waals surface area contributed by atoms with Gasteiger partial charge in [-0.3, -0.25) is 4.79 Å². The standard InChI is InChI=1S/C14H17N3O/c1-3-6-11-12(15)16-13(17-14(11)18)10-8-5-4-7-9(10)2/h4-5,7-8H,3,6H2,1-2H3,(H3,15,16,17,18). The van der Waals surface area contributed by atoms with Gasteiger partial charge in [-0.1, -0.05) is 37.6 Å². The Hall–Kier alpha value is -2.10. The Kier molecular flexibility index (Phi) is 3.46. The summed E-state index contributed by atoms with van der Waals surface area (Å²) in [6.07, 6.45) is 1.53. The SMILES string of the molecule is CCCc1c(N)nc(-c2ccccc2C)[nH]c1=O. The lowest BCUT2D eigenvalue weighted by Crippen LogP contribution is -2.18. The second-order valence-electron chi connectivity index (χ2n) is 4.34. The Balaban J connectivity index is 2.55. The highest BCUT2D eigenvalue weighted by atomic mass is 16.1. The van der Waals surface area contributed by atoms with Gasteiger partial charge in [0.15, 0.2) is 0 Å².